The zero-order valence-corrected chi connectivity index (χ0v) is 31.2. The smallest absolute Gasteiger partial charge is 0.265 e. The Morgan fingerprint density at radius 1 is 0.963 bits per heavy atom. The molecule has 3 aromatic carbocycles. The fraction of sp³-hybridized carbons (Fsp3) is 0.432. The molecule has 4 aromatic rings. The average Bonchev–Trinajstić information content (AvgIpc) is 3.86. The number of aromatic nitrogens is 1. The van der Waals surface area contributed by atoms with Crippen molar-refractivity contribution in [2.75, 3.05) is 26.7 Å². The van der Waals surface area contributed by atoms with Crippen molar-refractivity contribution < 1.29 is 38.5 Å². The lowest BCUT2D eigenvalue weighted by Crippen LogP contribution is -2.58. The summed E-state index contributed by atoms with van der Waals surface area (Å²) in [4.78, 5) is 32.1. The van der Waals surface area contributed by atoms with Crippen molar-refractivity contribution >= 4 is 11.6 Å². The molecule has 1 saturated heterocycles. The van der Waals surface area contributed by atoms with Crippen LogP contribution in [0.15, 0.2) is 82.6 Å². The summed E-state index contributed by atoms with van der Waals surface area (Å²) in [7, 11) is 1.61. The number of allylic oxidation sites excluding steroid dienone is 1. The Labute approximate surface area is 315 Å². The molecule has 10 heteroatoms. The Hall–Kier alpha value is -4.93. The van der Waals surface area contributed by atoms with Gasteiger partial charge >= 0.3 is 0 Å². The monoisotopic (exact) mass is 732 g/mol. The third-order valence-corrected chi connectivity index (χ3v) is 11.9. The molecule has 54 heavy (non-hydrogen) atoms. The van der Waals surface area contributed by atoms with Gasteiger partial charge in [0, 0.05) is 23.0 Å². The number of ketones is 2. The second kappa shape index (κ2) is 14.7. The lowest BCUT2D eigenvalue weighted by atomic mass is 9.55. The summed E-state index contributed by atoms with van der Waals surface area (Å²) in [5.41, 5.74) is 1.36. The molecular weight excluding hydrogens is 684 g/mol. The molecule has 0 amide bonds. The van der Waals surface area contributed by atoms with Gasteiger partial charge in [0.1, 0.15) is 36.0 Å². The third kappa shape index (κ3) is 6.19. The van der Waals surface area contributed by atoms with Gasteiger partial charge in [0.05, 0.1) is 12.7 Å². The number of rotatable bonds is 12. The molecule has 1 aliphatic heterocycles. The molecule has 4 atom stereocenters. The molecule has 8 rings (SSSR count). The van der Waals surface area contributed by atoms with Crippen LogP contribution in [0.3, 0.4) is 0 Å². The van der Waals surface area contributed by atoms with Crippen LogP contribution >= 0.6 is 0 Å². The highest BCUT2D eigenvalue weighted by atomic mass is 16.5. The van der Waals surface area contributed by atoms with E-state index in [2.05, 4.69) is 10.1 Å². The Bertz CT molecular complexity index is 2070. The largest absolute Gasteiger partial charge is 0.508 e. The van der Waals surface area contributed by atoms with E-state index in [4.69, 9.17) is 18.7 Å². The van der Waals surface area contributed by atoms with Crippen LogP contribution in [0.1, 0.15) is 94.2 Å². The van der Waals surface area contributed by atoms with Crippen molar-refractivity contribution in [2.24, 2.45) is 17.8 Å². The van der Waals surface area contributed by atoms with Crippen LogP contribution in [0.4, 0.5) is 0 Å². The summed E-state index contributed by atoms with van der Waals surface area (Å²) in [6.07, 6.45) is 4.57. The van der Waals surface area contributed by atoms with E-state index in [1.165, 1.54) is 12.8 Å². The van der Waals surface area contributed by atoms with Gasteiger partial charge in [0.25, 0.3) is 5.88 Å². The maximum atomic E-state index is 15.0. The van der Waals surface area contributed by atoms with E-state index in [9.17, 15) is 15.0 Å². The number of likely N-dealkylation sites (tertiary alicyclic amines) is 1. The number of carbonyl (C=O) groups excluding carboxylic acids is 2. The molecule has 1 fully saturated rings. The number of hydrogen-bond acceptors (Lipinski definition) is 10. The first-order valence-electron chi connectivity index (χ1n) is 19.2. The van der Waals surface area contributed by atoms with Gasteiger partial charge in [0.2, 0.25) is 5.78 Å². The van der Waals surface area contributed by atoms with E-state index in [1.54, 1.807) is 7.11 Å². The van der Waals surface area contributed by atoms with Crippen LogP contribution in [0.25, 0.3) is 0 Å². The molecule has 282 valence electrons. The van der Waals surface area contributed by atoms with Gasteiger partial charge in [-0.25, -0.2) is 0 Å². The van der Waals surface area contributed by atoms with Gasteiger partial charge in [-0.15, -0.1) is 0 Å². The van der Waals surface area contributed by atoms with Gasteiger partial charge in [0.15, 0.2) is 17.1 Å². The molecular formula is C44H48N2O8. The first-order chi connectivity index (χ1) is 26.2. The molecule has 0 radical (unpaired) electrons. The molecule has 0 saturated carbocycles. The number of aliphatic hydroxyl groups excluding tert-OH is 1. The topological polar surface area (TPSA) is 132 Å². The molecule has 4 aliphatic rings. The average molecular weight is 733 g/mol. The molecule has 2 N–H and O–H groups in total. The molecule has 0 bridgehead atoms. The number of aliphatic hydroxyl groups is 2. The van der Waals surface area contributed by atoms with Crippen LogP contribution in [-0.4, -0.2) is 64.2 Å². The number of carbonyl (C=O) groups is 2. The van der Waals surface area contributed by atoms with E-state index in [1.807, 2.05) is 80.6 Å². The van der Waals surface area contributed by atoms with Crippen molar-refractivity contribution in [3.63, 3.8) is 0 Å². The number of benzene rings is 3. The Kier molecular flexibility index (Phi) is 9.83. The predicted octanol–water partition coefficient (Wildman–Crippen LogP) is 7.42. The van der Waals surface area contributed by atoms with E-state index >= 15 is 4.79 Å². The minimum atomic E-state index is -2.39. The summed E-state index contributed by atoms with van der Waals surface area (Å²) in [6, 6.07) is 21.2. The molecule has 10 nitrogen and oxygen atoms in total. The SMILES string of the molecule is COc1cc(CCCN2CCCC2)c(OCc2ccccc2)c2c1C[C@H]1C[C@H]3[C@H](C(C)C)c4onc(OCc5ccccc5)c4C(=O)[C@@]3(O)C(O)=C1C2=O. The lowest BCUT2D eigenvalue weighted by molar-refractivity contribution is -0.0418. The summed E-state index contributed by atoms with van der Waals surface area (Å²) >= 11 is 0. The van der Waals surface area contributed by atoms with Gasteiger partial charge in [-0.05, 0) is 97.9 Å². The normalized spacial score (nSPS) is 23.5. The van der Waals surface area contributed by atoms with Crippen molar-refractivity contribution in [3.8, 4) is 17.4 Å². The van der Waals surface area contributed by atoms with E-state index in [0.717, 1.165) is 42.7 Å². The summed E-state index contributed by atoms with van der Waals surface area (Å²) in [5.74, 6) is -2.37. The van der Waals surface area contributed by atoms with Crippen LogP contribution in [0.5, 0.6) is 17.4 Å². The minimum absolute atomic E-state index is 0.00600. The number of hydrogen-bond donors (Lipinski definition) is 2. The first-order valence-corrected chi connectivity index (χ1v) is 19.2. The number of Topliss-reactive ketones (excluding diaryl/α,β-unsaturated/α-hetero) is 2. The number of aryl methyl sites for hydroxylation is 1. The molecule has 1 aromatic heterocycles. The zero-order chi connectivity index (χ0) is 37.6. The van der Waals surface area contributed by atoms with Crippen molar-refractivity contribution in [2.45, 2.75) is 77.1 Å². The van der Waals surface area contributed by atoms with Crippen molar-refractivity contribution in [3.05, 3.63) is 117 Å². The molecule has 3 aliphatic carbocycles. The molecule has 0 unspecified atom stereocenters. The summed E-state index contributed by atoms with van der Waals surface area (Å²) < 4.78 is 24.4. The van der Waals surface area contributed by atoms with Gasteiger partial charge in [-0.3, -0.25) is 9.59 Å². The Morgan fingerprint density at radius 3 is 2.28 bits per heavy atom. The fourth-order valence-electron chi connectivity index (χ4n) is 9.34. The Balaban J connectivity index is 1.20. The molecule has 0 spiro atoms. The fourth-order valence-corrected chi connectivity index (χ4v) is 9.34. The van der Waals surface area contributed by atoms with Gasteiger partial charge in [-0.1, -0.05) is 74.5 Å². The second-order valence-corrected chi connectivity index (χ2v) is 15.5. The highest BCUT2D eigenvalue weighted by Crippen LogP contribution is 2.58. The van der Waals surface area contributed by atoms with E-state index < -0.39 is 40.7 Å². The lowest BCUT2D eigenvalue weighted by Gasteiger charge is -2.49. The van der Waals surface area contributed by atoms with E-state index in [-0.39, 0.29) is 42.6 Å². The highest BCUT2D eigenvalue weighted by Gasteiger charge is 2.63. The maximum absolute atomic E-state index is 15.0. The Morgan fingerprint density at radius 2 is 1.63 bits per heavy atom. The predicted molar refractivity (Wildman–Crippen MR) is 201 cm³/mol. The number of fused-ring (bicyclic) bond motifs is 4. The third-order valence-electron chi connectivity index (χ3n) is 11.9. The molecule has 2 heterocycles. The standard InChI is InChI=1S/C44H48N2O8/c1-26(2)34-32-22-30-21-31-33(51-3)23-29(17-12-20-46-18-10-11-19-46)39(52-24-27-13-6-4-7-14-27)36(31)38(47)35(30)41(48)44(32,50)42(49)37-40(34)54-45-43(37)53-25-28-15-8-5-9-16-28/h4-9,13-16,23,26,30,32,34,48,50H,10-12,17-22,24-25H2,1-3H3/t30-,32-,34-,44-/m0/s1. The van der Waals surface area contributed by atoms with Crippen LogP contribution in [-0.2, 0) is 26.1 Å². The van der Waals surface area contributed by atoms with Gasteiger partial charge in [-0.2, -0.15) is 0 Å². The number of nitrogens with zero attached hydrogens (tertiary/aromatic N) is 2. The second-order valence-electron chi connectivity index (χ2n) is 15.5. The van der Waals surface area contributed by atoms with Gasteiger partial charge < -0.3 is 33.8 Å². The van der Waals surface area contributed by atoms with Crippen molar-refractivity contribution in [1.82, 2.24) is 10.1 Å². The quantitative estimate of drug-likeness (QED) is 0.152. The van der Waals surface area contributed by atoms with Crippen LogP contribution < -0.4 is 14.2 Å². The zero-order valence-electron chi connectivity index (χ0n) is 31.2. The van der Waals surface area contributed by atoms with Crippen molar-refractivity contribution in [1.29, 1.82) is 0 Å². The summed E-state index contributed by atoms with van der Waals surface area (Å²) in [5, 5.41) is 29.0. The maximum Gasteiger partial charge on any atom is 0.265 e. The van der Waals surface area contributed by atoms with E-state index in [0.29, 0.717) is 41.2 Å². The highest BCUT2D eigenvalue weighted by molar-refractivity contribution is 6.16. The first kappa shape index (κ1) is 36.1. The van der Waals surface area contributed by atoms with Crippen LogP contribution in [0, 0.1) is 17.8 Å². The van der Waals surface area contributed by atoms with Crippen LogP contribution in [0.2, 0.25) is 0 Å². The number of ether oxygens (including phenoxy) is 3. The summed E-state index contributed by atoms with van der Waals surface area (Å²) in [6.45, 7) is 7.46. The minimum Gasteiger partial charge on any atom is -0.508 e. The number of methoxy groups -OCH3 is 1.